The molecule has 0 N–H and O–H groups in total. The SMILES string of the molecule is [2H]C([2H])([2H])C([C@@H]1Cc2cc(OCCCOC)c(Cl)cc2-c2c(F)c(=O)c(C(C)=O)cn21)C([2H])([2H])[2H]. The average molecular weight is 428 g/mol. The van der Waals surface area contributed by atoms with Gasteiger partial charge in [0.15, 0.2) is 11.6 Å². The molecule has 1 aromatic carbocycles. The van der Waals surface area contributed by atoms with Crippen LogP contribution in [-0.4, -0.2) is 30.7 Å². The van der Waals surface area contributed by atoms with Crippen LogP contribution in [0.5, 0.6) is 5.75 Å². The number of carbonyl (C=O) groups is 1. The monoisotopic (exact) mass is 427 g/mol. The predicted octanol–water partition coefficient (Wildman–Crippen LogP) is 4.68. The Bertz CT molecular complexity index is 1180. The molecule has 0 amide bonds. The largest absolute Gasteiger partial charge is 0.492 e. The van der Waals surface area contributed by atoms with Crippen LogP contribution in [0.25, 0.3) is 11.3 Å². The Morgan fingerprint density at radius 3 is 2.83 bits per heavy atom. The van der Waals surface area contributed by atoms with Crippen LogP contribution in [0.4, 0.5) is 4.39 Å². The lowest BCUT2D eigenvalue weighted by atomic mass is 9.87. The zero-order valence-corrected chi connectivity index (χ0v) is 16.8. The number of benzene rings is 1. The van der Waals surface area contributed by atoms with Crippen LogP contribution in [0.3, 0.4) is 0 Å². The molecule has 2 aromatic rings. The highest BCUT2D eigenvalue weighted by Crippen LogP contribution is 2.42. The number of fused-ring (bicyclic) bond motifs is 3. The van der Waals surface area contributed by atoms with Gasteiger partial charge in [-0.25, -0.2) is 4.39 Å². The maximum absolute atomic E-state index is 15.5. The molecule has 29 heavy (non-hydrogen) atoms. The molecular formula is C22H25ClFNO4. The zero-order valence-electron chi connectivity index (χ0n) is 22.1. The first-order valence-electron chi connectivity index (χ1n) is 12.1. The van der Waals surface area contributed by atoms with E-state index < -0.39 is 48.3 Å². The Morgan fingerprint density at radius 2 is 2.17 bits per heavy atom. The summed E-state index contributed by atoms with van der Waals surface area (Å²) in [5.41, 5.74) is -1.43. The Labute approximate surface area is 182 Å². The number of ether oxygens (including phenoxy) is 2. The van der Waals surface area contributed by atoms with Gasteiger partial charge in [0, 0.05) is 46.2 Å². The average Bonchev–Trinajstić information content (AvgIpc) is 2.72. The lowest BCUT2D eigenvalue weighted by Crippen LogP contribution is -2.30. The van der Waals surface area contributed by atoms with E-state index in [1.165, 1.54) is 12.1 Å². The minimum absolute atomic E-state index is 0.122. The molecule has 0 spiro atoms. The zero-order chi connectivity index (χ0) is 26.3. The number of aromatic nitrogens is 1. The van der Waals surface area contributed by atoms with Gasteiger partial charge in [0.2, 0.25) is 5.43 Å². The molecule has 0 radical (unpaired) electrons. The van der Waals surface area contributed by atoms with Crippen molar-refractivity contribution in [3.63, 3.8) is 0 Å². The van der Waals surface area contributed by atoms with Gasteiger partial charge in [-0.15, -0.1) is 0 Å². The summed E-state index contributed by atoms with van der Waals surface area (Å²) in [5.74, 6) is -3.68. The van der Waals surface area contributed by atoms with Crippen molar-refractivity contribution in [3.05, 3.63) is 50.5 Å². The number of hydrogen-bond donors (Lipinski definition) is 0. The highest BCUT2D eigenvalue weighted by molar-refractivity contribution is 6.32. The number of nitrogens with zero attached hydrogens (tertiary/aromatic N) is 1. The Kier molecular flexibility index (Phi) is 4.41. The van der Waals surface area contributed by atoms with Crippen LogP contribution in [-0.2, 0) is 11.2 Å². The molecule has 1 aliphatic heterocycles. The van der Waals surface area contributed by atoms with Crippen molar-refractivity contribution < 1.29 is 26.9 Å². The van der Waals surface area contributed by atoms with Crippen LogP contribution in [0.1, 0.15) is 57.2 Å². The minimum atomic E-state index is -2.95. The lowest BCUT2D eigenvalue weighted by Gasteiger charge is -2.34. The summed E-state index contributed by atoms with van der Waals surface area (Å²) in [5, 5.41) is 0.122. The van der Waals surface area contributed by atoms with Crippen LogP contribution in [0.15, 0.2) is 23.1 Å². The summed E-state index contributed by atoms with van der Waals surface area (Å²) in [7, 11) is 1.55. The summed E-state index contributed by atoms with van der Waals surface area (Å²) in [6.45, 7) is -4.12. The second-order valence-corrected chi connectivity index (χ2v) is 7.29. The number of pyridine rings is 1. The van der Waals surface area contributed by atoms with E-state index in [1.807, 2.05) is 0 Å². The van der Waals surface area contributed by atoms with Gasteiger partial charge in [-0.05, 0) is 37.0 Å². The lowest BCUT2D eigenvalue weighted by molar-refractivity contribution is 0.101. The number of carbonyl (C=O) groups excluding carboxylic acids is 1. The molecule has 0 saturated heterocycles. The number of methoxy groups -OCH3 is 1. The van der Waals surface area contributed by atoms with E-state index in [1.54, 1.807) is 7.11 Å². The van der Waals surface area contributed by atoms with Crippen LogP contribution < -0.4 is 10.2 Å². The van der Waals surface area contributed by atoms with Gasteiger partial charge < -0.3 is 14.0 Å². The van der Waals surface area contributed by atoms with Crippen molar-refractivity contribution in [1.29, 1.82) is 0 Å². The van der Waals surface area contributed by atoms with Gasteiger partial charge in [0.05, 0.1) is 22.9 Å². The predicted molar refractivity (Wildman–Crippen MR) is 111 cm³/mol. The third-order valence-corrected chi connectivity index (χ3v) is 5.19. The molecule has 7 heteroatoms. The quantitative estimate of drug-likeness (QED) is 0.475. The first-order valence-corrected chi connectivity index (χ1v) is 9.46. The highest BCUT2D eigenvalue weighted by Gasteiger charge is 2.31. The van der Waals surface area contributed by atoms with Crippen molar-refractivity contribution >= 4 is 17.4 Å². The van der Waals surface area contributed by atoms with Gasteiger partial charge in [0.1, 0.15) is 5.75 Å². The summed E-state index contributed by atoms with van der Waals surface area (Å²) in [6, 6.07) is 1.58. The molecule has 1 atom stereocenters. The van der Waals surface area contributed by atoms with E-state index in [0.29, 0.717) is 18.6 Å². The Hall–Kier alpha value is -2.18. The van der Waals surface area contributed by atoms with Crippen molar-refractivity contribution in [1.82, 2.24) is 4.57 Å². The summed E-state index contributed by atoms with van der Waals surface area (Å²) in [6.07, 6.45) is 1.48. The van der Waals surface area contributed by atoms with Crippen molar-refractivity contribution in [2.24, 2.45) is 5.92 Å². The number of Topliss-reactive ketones (excluding diaryl/α,β-unsaturated/α-hetero) is 1. The summed E-state index contributed by atoms with van der Waals surface area (Å²) in [4.78, 5) is 24.6. The molecule has 5 nitrogen and oxygen atoms in total. The fraction of sp³-hybridized carbons (Fsp3) is 0.455. The fourth-order valence-corrected chi connectivity index (χ4v) is 3.67. The molecule has 156 valence electrons. The van der Waals surface area contributed by atoms with Gasteiger partial charge in [-0.2, -0.15) is 0 Å². The Morgan fingerprint density at radius 1 is 1.41 bits per heavy atom. The molecule has 1 aliphatic rings. The highest BCUT2D eigenvalue weighted by atomic mass is 35.5. The van der Waals surface area contributed by atoms with E-state index >= 15 is 4.39 Å². The molecular weight excluding hydrogens is 397 g/mol. The maximum Gasteiger partial charge on any atom is 0.228 e. The molecule has 0 unspecified atom stereocenters. The normalized spacial score (nSPS) is 19.1. The van der Waals surface area contributed by atoms with Crippen LogP contribution in [0, 0.1) is 11.7 Å². The third kappa shape index (κ3) is 4.09. The molecule has 2 heterocycles. The summed E-state index contributed by atoms with van der Waals surface area (Å²) >= 11 is 6.36. The number of halogens is 2. The van der Waals surface area contributed by atoms with E-state index in [0.717, 1.165) is 17.7 Å². The first kappa shape index (κ1) is 14.7. The second-order valence-electron chi connectivity index (χ2n) is 6.88. The van der Waals surface area contributed by atoms with Crippen LogP contribution in [0.2, 0.25) is 5.02 Å². The summed E-state index contributed by atoms with van der Waals surface area (Å²) < 4.78 is 74.8. The van der Waals surface area contributed by atoms with E-state index in [9.17, 15) is 9.59 Å². The second kappa shape index (κ2) is 8.67. The van der Waals surface area contributed by atoms with E-state index in [-0.39, 0.29) is 35.1 Å². The molecule has 0 bridgehead atoms. The van der Waals surface area contributed by atoms with Gasteiger partial charge in [0.25, 0.3) is 0 Å². The third-order valence-electron chi connectivity index (χ3n) is 4.89. The standard InChI is InChI=1S/C22H25ClFNO4/c1-12(2)18-8-14-9-19(29-7-5-6-28-4)17(23)10-15(14)21-20(24)22(27)16(13(3)26)11-25(18)21/h9-12,18H,5-8H2,1-4H3/t18-/m0/s1/i1D3,2D3. The van der Waals surface area contributed by atoms with Gasteiger partial charge >= 0.3 is 0 Å². The van der Waals surface area contributed by atoms with Gasteiger partial charge in [-0.1, -0.05) is 25.3 Å². The number of hydrogen-bond acceptors (Lipinski definition) is 4. The first-order chi connectivity index (χ1) is 16.2. The molecule has 1 aromatic heterocycles. The fourth-order valence-electron chi connectivity index (χ4n) is 3.45. The number of rotatable bonds is 7. The van der Waals surface area contributed by atoms with Gasteiger partial charge in [-0.3, -0.25) is 9.59 Å². The van der Waals surface area contributed by atoms with E-state index in [2.05, 4.69) is 0 Å². The smallest absolute Gasteiger partial charge is 0.228 e. The maximum atomic E-state index is 15.5. The van der Waals surface area contributed by atoms with Crippen molar-refractivity contribution in [2.75, 3.05) is 20.3 Å². The molecule has 0 saturated carbocycles. The topological polar surface area (TPSA) is 57.5 Å². The van der Waals surface area contributed by atoms with Crippen molar-refractivity contribution in [2.45, 2.75) is 39.5 Å². The molecule has 0 fully saturated rings. The molecule has 0 aliphatic carbocycles. The molecule has 3 rings (SSSR count). The van der Waals surface area contributed by atoms with E-state index in [4.69, 9.17) is 29.3 Å². The number of ketones is 1. The van der Waals surface area contributed by atoms with Crippen molar-refractivity contribution in [3.8, 4) is 17.0 Å². The minimum Gasteiger partial charge on any atom is -0.492 e. The Balaban J connectivity index is 2.28. The van der Waals surface area contributed by atoms with Crippen LogP contribution >= 0.6 is 11.6 Å².